The monoisotopic (exact) mass is 319 g/mol. The molecule has 2 aromatic rings. The Morgan fingerprint density at radius 2 is 2.05 bits per heavy atom. The van der Waals surface area contributed by atoms with Gasteiger partial charge in [-0.15, -0.1) is 0 Å². The van der Waals surface area contributed by atoms with Crippen molar-refractivity contribution in [2.75, 3.05) is 18.2 Å². The van der Waals surface area contributed by atoms with E-state index in [0.29, 0.717) is 16.6 Å². The van der Waals surface area contributed by atoms with Gasteiger partial charge in [0.05, 0.1) is 24.1 Å². The molecule has 22 heavy (non-hydrogen) atoms. The lowest BCUT2D eigenvalue weighted by Crippen LogP contribution is -2.15. The minimum atomic E-state index is -1.08. The summed E-state index contributed by atoms with van der Waals surface area (Å²) in [5.41, 5.74) is 0.372. The number of hydrogen-bond acceptors (Lipinski definition) is 6. The molecule has 0 unspecified atom stereocenters. The standard InChI is InChI=1S/C14H13N3O4S/c1-21-11-4-3-9(13(19)20)7-10(11)17-12(18)8-22-14-15-5-2-6-16-14/h2-7H,8H2,1H3,(H,17,18)(H,19,20). The van der Waals surface area contributed by atoms with Crippen LogP contribution in [0, 0.1) is 0 Å². The summed E-state index contributed by atoms with van der Waals surface area (Å²) in [5, 5.41) is 12.1. The van der Waals surface area contributed by atoms with Crippen molar-refractivity contribution in [1.82, 2.24) is 9.97 Å². The fourth-order valence-electron chi connectivity index (χ4n) is 1.62. The number of carbonyl (C=O) groups excluding carboxylic acids is 1. The molecule has 7 nitrogen and oxygen atoms in total. The van der Waals surface area contributed by atoms with E-state index in [1.165, 1.54) is 37.1 Å². The average Bonchev–Trinajstić information content (AvgIpc) is 2.53. The van der Waals surface area contributed by atoms with Crippen LogP contribution in [0.2, 0.25) is 0 Å². The van der Waals surface area contributed by atoms with Gasteiger partial charge in [0.2, 0.25) is 5.91 Å². The first-order valence-electron chi connectivity index (χ1n) is 6.21. The second-order valence-electron chi connectivity index (χ2n) is 4.09. The van der Waals surface area contributed by atoms with E-state index in [4.69, 9.17) is 9.84 Å². The first kappa shape index (κ1) is 15.8. The molecule has 0 radical (unpaired) electrons. The third-order valence-corrected chi connectivity index (χ3v) is 3.47. The van der Waals surface area contributed by atoms with E-state index in [1.807, 2.05) is 0 Å². The Bertz CT molecular complexity index is 679. The molecule has 1 heterocycles. The number of amides is 1. The molecule has 1 aromatic heterocycles. The third-order valence-electron chi connectivity index (χ3n) is 2.59. The average molecular weight is 319 g/mol. The summed E-state index contributed by atoms with van der Waals surface area (Å²) in [5.74, 6) is -0.896. The second kappa shape index (κ2) is 7.41. The normalized spacial score (nSPS) is 10.0. The number of carboxylic acid groups (broad SMARTS) is 1. The summed E-state index contributed by atoms with van der Waals surface area (Å²) < 4.78 is 5.10. The molecule has 1 amide bonds. The van der Waals surface area contributed by atoms with Crippen molar-refractivity contribution in [3.63, 3.8) is 0 Å². The van der Waals surface area contributed by atoms with E-state index in [-0.39, 0.29) is 17.2 Å². The number of anilines is 1. The molecule has 0 bridgehead atoms. The molecule has 0 aliphatic carbocycles. The van der Waals surface area contributed by atoms with Crippen LogP contribution in [-0.4, -0.2) is 39.8 Å². The number of aromatic carboxylic acids is 1. The molecule has 2 rings (SSSR count). The Hall–Kier alpha value is -2.61. The maximum Gasteiger partial charge on any atom is 0.335 e. The molecule has 0 saturated heterocycles. The predicted octanol–water partition coefficient (Wildman–Crippen LogP) is 1.91. The van der Waals surface area contributed by atoms with Gasteiger partial charge in [-0.25, -0.2) is 14.8 Å². The Morgan fingerprint density at radius 1 is 1.32 bits per heavy atom. The van der Waals surface area contributed by atoms with Gasteiger partial charge in [0.15, 0.2) is 5.16 Å². The Morgan fingerprint density at radius 3 is 2.68 bits per heavy atom. The predicted molar refractivity (Wildman–Crippen MR) is 81.3 cm³/mol. The number of thioether (sulfide) groups is 1. The van der Waals surface area contributed by atoms with Crippen LogP contribution in [-0.2, 0) is 4.79 Å². The number of nitrogens with zero attached hydrogens (tertiary/aromatic N) is 2. The zero-order valence-electron chi connectivity index (χ0n) is 11.6. The number of hydrogen-bond donors (Lipinski definition) is 2. The molecule has 0 atom stereocenters. The highest BCUT2D eigenvalue weighted by atomic mass is 32.2. The molecule has 0 saturated carbocycles. The van der Waals surface area contributed by atoms with Crippen molar-refractivity contribution in [2.24, 2.45) is 0 Å². The summed E-state index contributed by atoms with van der Waals surface area (Å²) in [6, 6.07) is 5.94. The van der Waals surface area contributed by atoms with Crippen LogP contribution in [0.1, 0.15) is 10.4 Å². The number of nitrogens with one attached hydrogen (secondary N) is 1. The van der Waals surface area contributed by atoms with Crippen molar-refractivity contribution in [3.8, 4) is 5.75 Å². The zero-order valence-corrected chi connectivity index (χ0v) is 12.5. The van der Waals surface area contributed by atoms with E-state index in [9.17, 15) is 9.59 Å². The molecule has 0 spiro atoms. The highest BCUT2D eigenvalue weighted by Gasteiger charge is 2.12. The van der Waals surface area contributed by atoms with E-state index in [2.05, 4.69) is 15.3 Å². The molecular weight excluding hydrogens is 306 g/mol. The van der Waals surface area contributed by atoms with Gasteiger partial charge in [-0.1, -0.05) is 11.8 Å². The van der Waals surface area contributed by atoms with Gasteiger partial charge in [-0.3, -0.25) is 4.79 Å². The number of ether oxygens (including phenoxy) is 1. The smallest absolute Gasteiger partial charge is 0.335 e. The maximum absolute atomic E-state index is 11.9. The molecular formula is C14H13N3O4S. The van der Waals surface area contributed by atoms with Gasteiger partial charge in [-0.2, -0.15) is 0 Å². The van der Waals surface area contributed by atoms with E-state index in [0.717, 1.165) is 0 Å². The van der Waals surface area contributed by atoms with Gasteiger partial charge in [0.1, 0.15) is 5.75 Å². The van der Waals surface area contributed by atoms with E-state index < -0.39 is 5.97 Å². The summed E-state index contributed by atoms with van der Waals surface area (Å²) in [6.45, 7) is 0. The lowest BCUT2D eigenvalue weighted by molar-refractivity contribution is -0.113. The molecule has 0 aliphatic rings. The number of benzene rings is 1. The number of aromatic nitrogens is 2. The van der Waals surface area contributed by atoms with Crippen molar-refractivity contribution < 1.29 is 19.4 Å². The Balaban J connectivity index is 2.04. The minimum Gasteiger partial charge on any atom is -0.495 e. The van der Waals surface area contributed by atoms with Gasteiger partial charge in [0.25, 0.3) is 0 Å². The Kier molecular flexibility index (Phi) is 5.31. The van der Waals surface area contributed by atoms with Crippen LogP contribution in [0.5, 0.6) is 5.75 Å². The van der Waals surface area contributed by atoms with E-state index in [1.54, 1.807) is 18.5 Å². The molecule has 1 aromatic carbocycles. The number of carboxylic acids is 1. The third kappa shape index (κ3) is 4.19. The van der Waals surface area contributed by atoms with Crippen LogP contribution in [0.3, 0.4) is 0 Å². The van der Waals surface area contributed by atoms with Crippen molar-refractivity contribution in [3.05, 3.63) is 42.2 Å². The lowest BCUT2D eigenvalue weighted by atomic mass is 10.2. The topological polar surface area (TPSA) is 101 Å². The fourth-order valence-corrected chi connectivity index (χ4v) is 2.22. The van der Waals surface area contributed by atoms with Crippen LogP contribution >= 0.6 is 11.8 Å². The fraction of sp³-hybridized carbons (Fsp3) is 0.143. The van der Waals surface area contributed by atoms with Gasteiger partial charge in [-0.05, 0) is 24.3 Å². The summed E-state index contributed by atoms with van der Waals surface area (Å²) in [4.78, 5) is 30.9. The molecule has 2 N–H and O–H groups in total. The summed E-state index contributed by atoms with van der Waals surface area (Å²) >= 11 is 1.18. The van der Waals surface area contributed by atoms with E-state index >= 15 is 0 Å². The SMILES string of the molecule is COc1ccc(C(=O)O)cc1NC(=O)CSc1ncccn1. The summed E-state index contributed by atoms with van der Waals surface area (Å²) in [7, 11) is 1.44. The van der Waals surface area contributed by atoms with Crippen molar-refractivity contribution in [2.45, 2.75) is 5.16 Å². The first-order chi connectivity index (χ1) is 10.6. The van der Waals surface area contributed by atoms with Crippen molar-refractivity contribution in [1.29, 1.82) is 0 Å². The van der Waals surface area contributed by atoms with Gasteiger partial charge >= 0.3 is 5.97 Å². The quantitative estimate of drug-likeness (QED) is 0.619. The molecule has 114 valence electrons. The van der Waals surface area contributed by atoms with Gasteiger partial charge < -0.3 is 15.2 Å². The zero-order chi connectivity index (χ0) is 15.9. The largest absolute Gasteiger partial charge is 0.495 e. The number of rotatable bonds is 6. The summed E-state index contributed by atoms with van der Waals surface area (Å²) in [6.07, 6.45) is 3.18. The van der Waals surface area contributed by atoms with Gasteiger partial charge in [0, 0.05) is 12.4 Å². The van der Waals surface area contributed by atoms with Crippen molar-refractivity contribution >= 4 is 29.3 Å². The number of carbonyl (C=O) groups is 2. The van der Waals surface area contributed by atoms with Crippen LogP contribution in [0.4, 0.5) is 5.69 Å². The van der Waals surface area contributed by atoms with Crippen LogP contribution in [0.25, 0.3) is 0 Å². The molecule has 8 heteroatoms. The number of methoxy groups -OCH3 is 1. The van der Waals surface area contributed by atoms with Crippen LogP contribution < -0.4 is 10.1 Å². The first-order valence-corrected chi connectivity index (χ1v) is 7.19. The highest BCUT2D eigenvalue weighted by molar-refractivity contribution is 7.99. The molecule has 0 aliphatic heterocycles. The Labute approximate surface area is 130 Å². The maximum atomic E-state index is 11.9. The van der Waals surface area contributed by atoms with Crippen LogP contribution in [0.15, 0.2) is 41.8 Å². The minimum absolute atomic E-state index is 0.0649. The lowest BCUT2D eigenvalue weighted by Gasteiger charge is -2.10. The highest BCUT2D eigenvalue weighted by Crippen LogP contribution is 2.26. The second-order valence-corrected chi connectivity index (χ2v) is 5.03. The molecule has 0 fully saturated rings.